The van der Waals surface area contributed by atoms with E-state index in [4.69, 9.17) is 0 Å². The molecule has 0 atom stereocenters. The first-order valence-electron chi connectivity index (χ1n) is 7.79. The van der Waals surface area contributed by atoms with Crippen molar-refractivity contribution < 1.29 is 0 Å². The molecule has 6 nitrogen and oxygen atoms in total. The number of hydrogen-bond acceptors (Lipinski definition) is 6. The summed E-state index contributed by atoms with van der Waals surface area (Å²) >= 11 is 0. The van der Waals surface area contributed by atoms with Crippen LogP contribution in [0.2, 0.25) is 0 Å². The Bertz CT molecular complexity index is 649. The minimum atomic E-state index is 0.849. The van der Waals surface area contributed by atoms with Crippen LogP contribution in [0.25, 0.3) is 0 Å². The fourth-order valence-electron chi connectivity index (χ4n) is 2.81. The maximum Gasteiger partial charge on any atom is 0.150 e. The fraction of sp³-hybridized carbons (Fsp3) is 0.500. The van der Waals surface area contributed by atoms with Gasteiger partial charge in [-0.2, -0.15) is 0 Å². The largest absolute Gasteiger partial charge is 0.353 e. The van der Waals surface area contributed by atoms with Gasteiger partial charge in [-0.15, -0.1) is 0 Å². The van der Waals surface area contributed by atoms with Crippen LogP contribution in [0.3, 0.4) is 0 Å². The number of nitrogens with zero attached hydrogens (tertiary/aromatic N) is 6. The zero-order valence-electron chi connectivity index (χ0n) is 13.5. The number of aromatic nitrogens is 4. The zero-order valence-corrected chi connectivity index (χ0v) is 13.5. The summed E-state index contributed by atoms with van der Waals surface area (Å²) < 4.78 is 0. The molecular weight excluding hydrogens is 276 g/mol. The highest BCUT2D eigenvalue weighted by atomic mass is 15.3. The van der Waals surface area contributed by atoms with Gasteiger partial charge in [-0.05, 0) is 20.3 Å². The summed E-state index contributed by atoms with van der Waals surface area (Å²) in [5, 5.41) is 0. The van der Waals surface area contributed by atoms with Gasteiger partial charge < -0.3 is 9.80 Å². The first-order valence-corrected chi connectivity index (χ1v) is 7.79. The molecule has 0 amide bonds. The molecule has 116 valence electrons. The second-order valence-electron chi connectivity index (χ2n) is 5.56. The topological polar surface area (TPSA) is 58.0 Å². The lowest BCUT2D eigenvalue weighted by molar-refractivity contribution is 0.636. The molecule has 0 spiro atoms. The first kappa shape index (κ1) is 14.7. The summed E-state index contributed by atoms with van der Waals surface area (Å²) in [6.07, 6.45) is 4.44. The van der Waals surface area contributed by atoms with Crippen LogP contribution in [-0.4, -0.2) is 46.1 Å². The van der Waals surface area contributed by atoms with Gasteiger partial charge in [0.25, 0.3) is 0 Å². The normalized spacial score (nSPS) is 15.2. The Hall–Kier alpha value is -2.24. The van der Waals surface area contributed by atoms with E-state index in [-0.39, 0.29) is 0 Å². The van der Waals surface area contributed by atoms with Crippen molar-refractivity contribution in [3.63, 3.8) is 0 Å². The van der Waals surface area contributed by atoms with Gasteiger partial charge in [0.05, 0.1) is 5.69 Å². The number of rotatable bonds is 3. The molecule has 3 rings (SSSR count). The van der Waals surface area contributed by atoms with Gasteiger partial charge in [-0.3, -0.25) is 4.98 Å². The van der Waals surface area contributed by atoms with Crippen molar-refractivity contribution in [3.05, 3.63) is 35.7 Å². The predicted molar refractivity (Wildman–Crippen MR) is 87.3 cm³/mol. The average molecular weight is 298 g/mol. The van der Waals surface area contributed by atoms with E-state index >= 15 is 0 Å². The lowest BCUT2D eigenvalue weighted by atomic mass is 10.2. The van der Waals surface area contributed by atoms with Gasteiger partial charge in [0.1, 0.15) is 17.5 Å². The zero-order chi connectivity index (χ0) is 15.5. The lowest BCUT2D eigenvalue weighted by Gasteiger charge is -2.36. The van der Waals surface area contributed by atoms with Gasteiger partial charge in [-0.1, -0.05) is 6.92 Å². The molecule has 0 N–H and O–H groups in total. The summed E-state index contributed by atoms with van der Waals surface area (Å²) in [5.74, 6) is 2.89. The summed E-state index contributed by atoms with van der Waals surface area (Å²) in [6, 6.07) is 2.11. The van der Waals surface area contributed by atoms with E-state index in [9.17, 15) is 0 Å². The molecule has 1 fully saturated rings. The van der Waals surface area contributed by atoms with E-state index in [0.717, 1.165) is 61.4 Å². The molecule has 0 aliphatic carbocycles. The second kappa shape index (κ2) is 6.25. The van der Waals surface area contributed by atoms with Crippen LogP contribution in [0.1, 0.15) is 24.1 Å². The molecule has 0 radical (unpaired) electrons. The molecule has 0 aromatic carbocycles. The third-order valence-electron chi connectivity index (χ3n) is 4.00. The molecule has 2 aromatic rings. The maximum atomic E-state index is 4.59. The van der Waals surface area contributed by atoms with Gasteiger partial charge in [0.2, 0.25) is 0 Å². The molecule has 0 bridgehead atoms. The van der Waals surface area contributed by atoms with Crippen molar-refractivity contribution in [1.82, 2.24) is 19.9 Å². The van der Waals surface area contributed by atoms with E-state index in [1.807, 2.05) is 13.8 Å². The molecule has 1 saturated heterocycles. The molecule has 2 aromatic heterocycles. The van der Waals surface area contributed by atoms with Crippen LogP contribution < -0.4 is 9.80 Å². The monoisotopic (exact) mass is 298 g/mol. The van der Waals surface area contributed by atoms with Crippen LogP contribution in [0.4, 0.5) is 11.6 Å². The Morgan fingerprint density at radius 2 is 1.64 bits per heavy atom. The van der Waals surface area contributed by atoms with Crippen LogP contribution in [0, 0.1) is 13.8 Å². The van der Waals surface area contributed by atoms with Gasteiger partial charge >= 0.3 is 0 Å². The minimum Gasteiger partial charge on any atom is -0.353 e. The quantitative estimate of drug-likeness (QED) is 0.861. The Kier molecular flexibility index (Phi) is 4.18. The molecule has 1 aliphatic heterocycles. The van der Waals surface area contributed by atoms with Crippen LogP contribution in [0.5, 0.6) is 0 Å². The molecule has 1 aliphatic rings. The van der Waals surface area contributed by atoms with Gasteiger partial charge in [0, 0.05) is 50.3 Å². The van der Waals surface area contributed by atoms with E-state index in [1.54, 1.807) is 12.4 Å². The Morgan fingerprint density at radius 1 is 0.955 bits per heavy atom. The second-order valence-corrected chi connectivity index (χ2v) is 5.56. The van der Waals surface area contributed by atoms with Crippen LogP contribution in [-0.2, 0) is 6.42 Å². The first-order chi connectivity index (χ1) is 10.7. The highest BCUT2D eigenvalue weighted by Crippen LogP contribution is 2.19. The van der Waals surface area contributed by atoms with Crippen molar-refractivity contribution in [3.8, 4) is 0 Å². The minimum absolute atomic E-state index is 0.849. The number of aryl methyl sites for hydroxylation is 3. The van der Waals surface area contributed by atoms with E-state index in [1.165, 1.54) is 0 Å². The Balaban J connectivity index is 1.72. The SMILES string of the molecule is CCc1cc(N2CCN(c3nccnc3C)CC2)nc(C)n1. The van der Waals surface area contributed by atoms with Crippen molar-refractivity contribution in [2.75, 3.05) is 36.0 Å². The number of anilines is 2. The van der Waals surface area contributed by atoms with E-state index in [0.29, 0.717) is 0 Å². The molecule has 0 saturated carbocycles. The molecule has 3 heterocycles. The fourth-order valence-corrected chi connectivity index (χ4v) is 2.81. The highest BCUT2D eigenvalue weighted by Gasteiger charge is 2.21. The van der Waals surface area contributed by atoms with Crippen LogP contribution in [0.15, 0.2) is 18.5 Å². The molecular formula is C16H22N6. The van der Waals surface area contributed by atoms with Crippen molar-refractivity contribution in [2.24, 2.45) is 0 Å². The lowest BCUT2D eigenvalue weighted by Crippen LogP contribution is -2.47. The maximum absolute atomic E-state index is 4.59. The Morgan fingerprint density at radius 3 is 2.32 bits per heavy atom. The van der Waals surface area contributed by atoms with Gasteiger partial charge in [-0.25, -0.2) is 15.0 Å². The smallest absolute Gasteiger partial charge is 0.150 e. The highest BCUT2D eigenvalue weighted by molar-refractivity contribution is 5.47. The van der Waals surface area contributed by atoms with Crippen LogP contribution >= 0.6 is 0 Å². The number of hydrogen-bond donors (Lipinski definition) is 0. The summed E-state index contributed by atoms with van der Waals surface area (Å²) in [7, 11) is 0. The van der Waals surface area contributed by atoms with Crippen molar-refractivity contribution in [1.29, 1.82) is 0 Å². The average Bonchev–Trinajstić information content (AvgIpc) is 2.55. The van der Waals surface area contributed by atoms with Crippen molar-refractivity contribution >= 4 is 11.6 Å². The van der Waals surface area contributed by atoms with Crippen molar-refractivity contribution in [2.45, 2.75) is 27.2 Å². The molecule has 22 heavy (non-hydrogen) atoms. The Labute approximate surface area is 131 Å². The third kappa shape index (κ3) is 3.00. The summed E-state index contributed by atoms with van der Waals surface area (Å²) in [6.45, 7) is 9.84. The summed E-state index contributed by atoms with van der Waals surface area (Å²) in [4.78, 5) is 22.5. The standard InChI is InChI=1S/C16H22N6/c1-4-14-11-15(20-13(3)19-14)21-7-9-22(10-8-21)16-12(2)17-5-6-18-16/h5-6,11H,4,7-10H2,1-3H3. The number of piperazine rings is 1. The summed E-state index contributed by atoms with van der Waals surface area (Å²) in [5.41, 5.74) is 2.09. The van der Waals surface area contributed by atoms with Gasteiger partial charge in [0.15, 0.2) is 0 Å². The predicted octanol–water partition coefficient (Wildman–Crippen LogP) is 1.77. The van der Waals surface area contributed by atoms with E-state index < -0.39 is 0 Å². The molecule has 0 unspecified atom stereocenters. The third-order valence-corrected chi connectivity index (χ3v) is 4.00. The molecule has 6 heteroatoms. The van der Waals surface area contributed by atoms with E-state index in [2.05, 4.69) is 42.7 Å².